The van der Waals surface area contributed by atoms with Crippen molar-refractivity contribution in [2.75, 3.05) is 17.2 Å². The summed E-state index contributed by atoms with van der Waals surface area (Å²) < 4.78 is 11.2. The number of nitrogens with zero attached hydrogens (tertiary/aromatic N) is 3. The molecular weight excluding hydrogens is 434 g/mol. The predicted molar refractivity (Wildman–Crippen MR) is 123 cm³/mol. The SMILES string of the molecule is CCN(C(=O)CSc1nnc(COc2ccc(Cl)cc2)o1)c1cccc2ccccc12. The Morgan fingerprint density at radius 3 is 2.65 bits per heavy atom. The van der Waals surface area contributed by atoms with Crippen molar-refractivity contribution in [3.8, 4) is 5.75 Å². The van der Waals surface area contributed by atoms with Crippen molar-refractivity contribution in [3.63, 3.8) is 0 Å². The molecule has 0 spiro atoms. The molecule has 0 saturated heterocycles. The highest BCUT2D eigenvalue weighted by molar-refractivity contribution is 7.99. The fourth-order valence-corrected chi connectivity index (χ4v) is 3.94. The number of hydrogen-bond acceptors (Lipinski definition) is 6. The molecule has 3 aromatic carbocycles. The summed E-state index contributed by atoms with van der Waals surface area (Å²) in [6.45, 7) is 2.67. The number of carbonyl (C=O) groups is 1. The topological polar surface area (TPSA) is 68.5 Å². The van der Waals surface area contributed by atoms with Crippen molar-refractivity contribution in [3.05, 3.63) is 77.6 Å². The normalized spacial score (nSPS) is 10.9. The monoisotopic (exact) mass is 453 g/mol. The molecule has 0 fully saturated rings. The van der Waals surface area contributed by atoms with E-state index in [-0.39, 0.29) is 18.3 Å². The molecule has 0 aliphatic rings. The Morgan fingerprint density at radius 2 is 1.84 bits per heavy atom. The van der Waals surface area contributed by atoms with E-state index in [1.165, 1.54) is 11.8 Å². The van der Waals surface area contributed by atoms with Crippen LogP contribution in [0.2, 0.25) is 5.02 Å². The standard InChI is InChI=1S/C23H20ClN3O3S/c1-2-27(20-9-5-7-16-6-3-4-8-19(16)20)22(28)15-31-23-26-25-21(30-23)14-29-18-12-10-17(24)11-13-18/h3-13H,2,14-15H2,1H3. The van der Waals surface area contributed by atoms with Gasteiger partial charge in [-0.3, -0.25) is 4.79 Å². The Morgan fingerprint density at radius 1 is 1.06 bits per heavy atom. The fourth-order valence-electron chi connectivity index (χ4n) is 3.16. The van der Waals surface area contributed by atoms with Crippen molar-refractivity contribution in [2.24, 2.45) is 0 Å². The Kier molecular flexibility index (Phi) is 6.74. The zero-order valence-corrected chi connectivity index (χ0v) is 18.4. The summed E-state index contributed by atoms with van der Waals surface area (Å²) in [7, 11) is 0. The van der Waals surface area contributed by atoms with Gasteiger partial charge in [0.25, 0.3) is 11.1 Å². The fraction of sp³-hybridized carbons (Fsp3) is 0.174. The molecule has 6 nitrogen and oxygen atoms in total. The molecule has 1 amide bonds. The first-order valence-corrected chi connectivity index (χ1v) is 11.1. The summed E-state index contributed by atoms with van der Waals surface area (Å²) in [6.07, 6.45) is 0. The van der Waals surface area contributed by atoms with Gasteiger partial charge in [0, 0.05) is 17.0 Å². The highest BCUT2D eigenvalue weighted by atomic mass is 35.5. The van der Waals surface area contributed by atoms with E-state index in [0.717, 1.165) is 16.5 Å². The number of anilines is 1. The molecule has 8 heteroatoms. The highest BCUT2D eigenvalue weighted by Crippen LogP contribution is 2.28. The van der Waals surface area contributed by atoms with Crippen LogP contribution in [0.25, 0.3) is 10.8 Å². The van der Waals surface area contributed by atoms with E-state index >= 15 is 0 Å². The molecule has 31 heavy (non-hydrogen) atoms. The van der Waals surface area contributed by atoms with E-state index in [9.17, 15) is 4.79 Å². The van der Waals surface area contributed by atoms with E-state index in [0.29, 0.717) is 28.4 Å². The van der Waals surface area contributed by atoms with E-state index < -0.39 is 0 Å². The summed E-state index contributed by atoms with van der Waals surface area (Å²) >= 11 is 7.07. The van der Waals surface area contributed by atoms with Crippen LogP contribution in [-0.2, 0) is 11.4 Å². The van der Waals surface area contributed by atoms with Gasteiger partial charge in [-0.15, -0.1) is 10.2 Å². The van der Waals surface area contributed by atoms with E-state index in [2.05, 4.69) is 10.2 Å². The number of amides is 1. The van der Waals surface area contributed by atoms with Crippen molar-refractivity contribution in [1.82, 2.24) is 10.2 Å². The number of fused-ring (bicyclic) bond motifs is 1. The second-order valence-corrected chi connectivity index (χ2v) is 7.99. The summed E-state index contributed by atoms with van der Waals surface area (Å²) in [5.74, 6) is 1.16. The number of halogens is 1. The van der Waals surface area contributed by atoms with Crippen LogP contribution in [0.15, 0.2) is 76.4 Å². The van der Waals surface area contributed by atoms with Gasteiger partial charge in [-0.05, 0) is 42.6 Å². The molecule has 4 aromatic rings. The van der Waals surface area contributed by atoms with Gasteiger partial charge in [-0.25, -0.2) is 0 Å². The molecule has 1 heterocycles. The molecule has 0 aliphatic carbocycles. The van der Waals surface area contributed by atoms with Gasteiger partial charge < -0.3 is 14.1 Å². The number of carbonyl (C=O) groups excluding carboxylic acids is 1. The van der Waals surface area contributed by atoms with Gasteiger partial charge in [0.15, 0.2) is 6.61 Å². The quantitative estimate of drug-likeness (QED) is 0.323. The van der Waals surface area contributed by atoms with Crippen LogP contribution < -0.4 is 9.64 Å². The largest absolute Gasteiger partial charge is 0.484 e. The maximum Gasteiger partial charge on any atom is 0.277 e. The molecule has 0 atom stereocenters. The molecule has 0 radical (unpaired) electrons. The molecule has 0 bridgehead atoms. The van der Waals surface area contributed by atoms with Crippen LogP contribution in [0.5, 0.6) is 5.75 Å². The van der Waals surface area contributed by atoms with Crippen molar-refractivity contribution in [1.29, 1.82) is 0 Å². The molecule has 0 unspecified atom stereocenters. The lowest BCUT2D eigenvalue weighted by molar-refractivity contribution is -0.116. The van der Waals surface area contributed by atoms with Crippen molar-refractivity contribution < 1.29 is 13.9 Å². The maximum absolute atomic E-state index is 12.9. The van der Waals surface area contributed by atoms with Gasteiger partial charge in [0.1, 0.15) is 5.75 Å². The number of benzene rings is 3. The van der Waals surface area contributed by atoms with Crippen LogP contribution in [0.3, 0.4) is 0 Å². The molecule has 0 saturated carbocycles. The first kappa shape index (κ1) is 21.2. The third-order valence-electron chi connectivity index (χ3n) is 4.62. The lowest BCUT2D eigenvalue weighted by Crippen LogP contribution is -2.32. The van der Waals surface area contributed by atoms with Gasteiger partial charge in [0.05, 0.1) is 11.4 Å². The number of rotatable bonds is 8. The predicted octanol–water partition coefficient (Wildman–Crippen LogP) is 5.60. The van der Waals surface area contributed by atoms with Crippen LogP contribution in [0.4, 0.5) is 5.69 Å². The Balaban J connectivity index is 1.37. The van der Waals surface area contributed by atoms with Gasteiger partial charge in [-0.2, -0.15) is 0 Å². The second-order valence-electron chi connectivity index (χ2n) is 6.63. The Labute approximate surface area is 189 Å². The van der Waals surface area contributed by atoms with Crippen LogP contribution >= 0.6 is 23.4 Å². The molecule has 158 valence electrons. The van der Waals surface area contributed by atoms with Gasteiger partial charge >= 0.3 is 0 Å². The first-order valence-electron chi connectivity index (χ1n) is 9.75. The third-order valence-corrected chi connectivity index (χ3v) is 5.67. The van der Waals surface area contributed by atoms with E-state index in [1.54, 1.807) is 29.2 Å². The zero-order valence-electron chi connectivity index (χ0n) is 16.8. The smallest absolute Gasteiger partial charge is 0.277 e. The molecule has 1 aromatic heterocycles. The van der Waals surface area contributed by atoms with Gasteiger partial charge in [0.2, 0.25) is 5.91 Å². The number of hydrogen-bond donors (Lipinski definition) is 0. The number of thioether (sulfide) groups is 1. The first-order chi connectivity index (χ1) is 15.1. The molecule has 0 N–H and O–H groups in total. The molecular formula is C23H20ClN3O3S. The zero-order chi connectivity index (χ0) is 21.6. The van der Waals surface area contributed by atoms with E-state index in [1.807, 2.05) is 49.4 Å². The second kappa shape index (κ2) is 9.85. The average molecular weight is 454 g/mol. The minimum Gasteiger partial charge on any atom is -0.484 e. The molecule has 4 rings (SSSR count). The lowest BCUT2D eigenvalue weighted by Gasteiger charge is -2.22. The summed E-state index contributed by atoms with van der Waals surface area (Å²) in [5.41, 5.74) is 0.897. The van der Waals surface area contributed by atoms with Crippen molar-refractivity contribution in [2.45, 2.75) is 18.8 Å². The summed E-state index contributed by atoms with van der Waals surface area (Å²) in [4.78, 5) is 14.7. The minimum absolute atomic E-state index is 0.0268. The highest BCUT2D eigenvalue weighted by Gasteiger charge is 2.18. The number of ether oxygens (including phenoxy) is 1. The van der Waals surface area contributed by atoms with Crippen LogP contribution in [0, 0.1) is 0 Å². The lowest BCUT2D eigenvalue weighted by atomic mass is 10.1. The number of aromatic nitrogens is 2. The van der Waals surface area contributed by atoms with Crippen molar-refractivity contribution >= 4 is 45.7 Å². The minimum atomic E-state index is -0.0268. The average Bonchev–Trinajstić information content (AvgIpc) is 3.26. The Bertz CT molecular complexity index is 1170. The third kappa shape index (κ3) is 5.18. The van der Waals surface area contributed by atoms with E-state index in [4.69, 9.17) is 20.8 Å². The summed E-state index contributed by atoms with van der Waals surface area (Å²) in [6, 6.07) is 21.0. The van der Waals surface area contributed by atoms with Crippen LogP contribution in [-0.4, -0.2) is 28.4 Å². The van der Waals surface area contributed by atoms with Gasteiger partial charge in [-0.1, -0.05) is 59.8 Å². The molecule has 0 aliphatic heterocycles. The Hall–Kier alpha value is -3.03. The maximum atomic E-state index is 12.9. The van der Waals surface area contributed by atoms with Crippen LogP contribution in [0.1, 0.15) is 12.8 Å². The summed E-state index contributed by atoms with van der Waals surface area (Å²) in [5, 5.41) is 11.1.